The Morgan fingerprint density at radius 2 is 2.47 bits per heavy atom. The quantitative estimate of drug-likeness (QED) is 0.765. The molecule has 1 aliphatic heterocycles. The van der Waals surface area contributed by atoms with Crippen molar-refractivity contribution >= 4 is 22.5 Å². The second-order valence-electron chi connectivity index (χ2n) is 4.62. The van der Waals surface area contributed by atoms with Gasteiger partial charge in [-0.3, -0.25) is 9.89 Å². The van der Waals surface area contributed by atoms with E-state index in [2.05, 4.69) is 20.8 Å². The van der Waals surface area contributed by atoms with Crippen LogP contribution in [0.4, 0.5) is 5.69 Å². The Morgan fingerprint density at radius 1 is 1.53 bits per heavy atom. The Hall–Kier alpha value is -1.92. The Bertz CT molecular complexity index is 575. The van der Waals surface area contributed by atoms with E-state index < -0.39 is 0 Å². The molecule has 3 N–H and O–H groups in total. The molecule has 1 aromatic carbocycles. The number of aromatic nitrogens is 2. The minimum absolute atomic E-state index is 0.0347. The molecular weight excluding hydrogens is 244 g/mol. The molecule has 19 heavy (non-hydrogen) atoms. The molecule has 100 valence electrons. The number of nitrogens with one attached hydrogen (secondary N) is 3. The fourth-order valence-corrected chi connectivity index (χ4v) is 2.18. The van der Waals surface area contributed by atoms with E-state index in [0.29, 0.717) is 13.0 Å². The summed E-state index contributed by atoms with van der Waals surface area (Å²) < 4.78 is 5.50. The maximum Gasteiger partial charge on any atom is 0.227 e. The highest BCUT2D eigenvalue weighted by atomic mass is 16.5. The maximum absolute atomic E-state index is 11.9. The number of H-pyrrole nitrogens is 1. The molecule has 1 saturated heterocycles. The first-order valence-corrected chi connectivity index (χ1v) is 6.36. The van der Waals surface area contributed by atoms with Crippen LogP contribution in [0.1, 0.15) is 6.42 Å². The first kappa shape index (κ1) is 12.1. The maximum atomic E-state index is 11.9. The average Bonchev–Trinajstić information content (AvgIpc) is 2.87. The number of aromatic amines is 1. The van der Waals surface area contributed by atoms with Gasteiger partial charge in [-0.2, -0.15) is 5.10 Å². The Kier molecular flexibility index (Phi) is 3.43. The van der Waals surface area contributed by atoms with E-state index in [9.17, 15) is 4.79 Å². The van der Waals surface area contributed by atoms with E-state index in [1.165, 1.54) is 0 Å². The summed E-state index contributed by atoms with van der Waals surface area (Å²) in [5.74, 6) is -0.0347. The van der Waals surface area contributed by atoms with Gasteiger partial charge in [0.25, 0.3) is 0 Å². The summed E-state index contributed by atoms with van der Waals surface area (Å²) in [6.45, 7) is 2.25. The van der Waals surface area contributed by atoms with Crippen molar-refractivity contribution in [3.63, 3.8) is 0 Å². The van der Waals surface area contributed by atoms with Gasteiger partial charge in [-0.25, -0.2) is 0 Å². The third-order valence-corrected chi connectivity index (χ3v) is 3.14. The van der Waals surface area contributed by atoms with E-state index in [4.69, 9.17) is 4.74 Å². The zero-order chi connectivity index (χ0) is 13.1. The number of hydrogen-bond donors (Lipinski definition) is 3. The molecule has 0 saturated carbocycles. The van der Waals surface area contributed by atoms with Crippen molar-refractivity contribution in [2.24, 2.45) is 0 Å². The molecule has 0 spiro atoms. The van der Waals surface area contributed by atoms with Gasteiger partial charge in [0, 0.05) is 24.2 Å². The minimum Gasteiger partial charge on any atom is -0.375 e. The van der Waals surface area contributed by atoms with Crippen LogP contribution in [0.5, 0.6) is 0 Å². The van der Waals surface area contributed by atoms with Gasteiger partial charge < -0.3 is 15.4 Å². The van der Waals surface area contributed by atoms with Crippen LogP contribution in [0.2, 0.25) is 0 Å². The Balaban J connectivity index is 1.61. The van der Waals surface area contributed by atoms with Gasteiger partial charge in [-0.1, -0.05) is 0 Å². The summed E-state index contributed by atoms with van der Waals surface area (Å²) in [5, 5.41) is 13.9. The van der Waals surface area contributed by atoms with Crippen molar-refractivity contribution in [1.82, 2.24) is 15.5 Å². The Labute approximate surface area is 110 Å². The molecule has 0 aliphatic carbocycles. The van der Waals surface area contributed by atoms with Crippen LogP contribution in [0, 0.1) is 0 Å². The van der Waals surface area contributed by atoms with Gasteiger partial charge in [0.15, 0.2) is 0 Å². The molecular formula is C13H16N4O2. The van der Waals surface area contributed by atoms with E-state index in [1.54, 1.807) is 6.20 Å². The SMILES string of the molecule is O=C(CC1CNCCO1)Nc1ccc2cn[nH]c2c1. The molecule has 1 unspecified atom stereocenters. The lowest BCUT2D eigenvalue weighted by molar-refractivity contribution is -0.119. The summed E-state index contributed by atoms with van der Waals surface area (Å²) in [6, 6.07) is 5.67. The predicted octanol–water partition coefficient (Wildman–Crippen LogP) is 0.880. The topological polar surface area (TPSA) is 79.0 Å². The van der Waals surface area contributed by atoms with Crippen LogP contribution in [0.3, 0.4) is 0 Å². The second kappa shape index (κ2) is 5.38. The smallest absolute Gasteiger partial charge is 0.227 e. The van der Waals surface area contributed by atoms with Crippen LogP contribution in [-0.4, -0.2) is 41.9 Å². The number of benzene rings is 1. The zero-order valence-corrected chi connectivity index (χ0v) is 10.5. The number of morpholine rings is 1. The number of anilines is 1. The van der Waals surface area contributed by atoms with Gasteiger partial charge in [0.05, 0.1) is 30.8 Å². The lowest BCUT2D eigenvalue weighted by atomic mass is 10.2. The van der Waals surface area contributed by atoms with Crippen molar-refractivity contribution in [2.75, 3.05) is 25.0 Å². The van der Waals surface area contributed by atoms with Crippen LogP contribution in [0.25, 0.3) is 10.9 Å². The number of carbonyl (C=O) groups is 1. The van der Waals surface area contributed by atoms with Gasteiger partial charge >= 0.3 is 0 Å². The van der Waals surface area contributed by atoms with Crippen molar-refractivity contribution in [3.8, 4) is 0 Å². The summed E-state index contributed by atoms with van der Waals surface area (Å²) in [6.07, 6.45) is 2.08. The first-order valence-electron chi connectivity index (χ1n) is 6.36. The number of fused-ring (bicyclic) bond motifs is 1. The molecule has 6 nitrogen and oxygen atoms in total. The van der Waals surface area contributed by atoms with E-state index >= 15 is 0 Å². The van der Waals surface area contributed by atoms with Gasteiger partial charge in [0.1, 0.15) is 0 Å². The van der Waals surface area contributed by atoms with E-state index in [1.807, 2.05) is 18.2 Å². The first-order chi connectivity index (χ1) is 9.31. The zero-order valence-electron chi connectivity index (χ0n) is 10.5. The number of amides is 1. The molecule has 3 rings (SSSR count). The van der Waals surface area contributed by atoms with Gasteiger partial charge in [0.2, 0.25) is 5.91 Å². The lowest BCUT2D eigenvalue weighted by Crippen LogP contribution is -2.40. The fourth-order valence-electron chi connectivity index (χ4n) is 2.18. The highest BCUT2D eigenvalue weighted by molar-refractivity contribution is 5.93. The highest BCUT2D eigenvalue weighted by Crippen LogP contribution is 2.17. The monoisotopic (exact) mass is 260 g/mol. The summed E-state index contributed by atoms with van der Waals surface area (Å²) in [5.41, 5.74) is 1.68. The van der Waals surface area contributed by atoms with Crippen molar-refractivity contribution in [2.45, 2.75) is 12.5 Å². The predicted molar refractivity (Wildman–Crippen MR) is 72.0 cm³/mol. The molecule has 1 aromatic heterocycles. The Morgan fingerprint density at radius 3 is 3.32 bits per heavy atom. The van der Waals surface area contributed by atoms with Gasteiger partial charge in [-0.15, -0.1) is 0 Å². The number of hydrogen-bond acceptors (Lipinski definition) is 4. The standard InChI is InChI=1S/C13H16N4O2/c18-13(6-11-8-14-3-4-19-11)16-10-2-1-9-7-15-17-12(9)5-10/h1-2,5,7,11,14H,3-4,6,8H2,(H,15,17)(H,16,18). The van der Waals surface area contributed by atoms with Crippen LogP contribution >= 0.6 is 0 Å². The van der Waals surface area contributed by atoms with Crippen molar-refractivity contribution < 1.29 is 9.53 Å². The normalized spacial score (nSPS) is 19.5. The summed E-state index contributed by atoms with van der Waals surface area (Å²) >= 11 is 0. The number of nitrogens with zero attached hydrogens (tertiary/aromatic N) is 1. The number of ether oxygens (including phenoxy) is 1. The molecule has 1 aliphatic rings. The number of carbonyl (C=O) groups excluding carboxylic acids is 1. The van der Waals surface area contributed by atoms with Crippen LogP contribution in [-0.2, 0) is 9.53 Å². The fraction of sp³-hybridized carbons (Fsp3) is 0.385. The molecule has 2 heterocycles. The van der Waals surface area contributed by atoms with Crippen LogP contribution < -0.4 is 10.6 Å². The molecule has 0 radical (unpaired) electrons. The van der Waals surface area contributed by atoms with Crippen molar-refractivity contribution in [3.05, 3.63) is 24.4 Å². The second-order valence-corrected chi connectivity index (χ2v) is 4.62. The molecule has 0 bridgehead atoms. The average molecular weight is 260 g/mol. The third kappa shape index (κ3) is 2.91. The molecule has 2 aromatic rings. The molecule has 6 heteroatoms. The third-order valence-electron chi connectivity index (χ3n) is 3.14. The largest absolute Gasteiger partial charge is 0.375 e. The van der Waals surface area contributed by atoms with Crippen LogP contribution in [0.15, 0.2) is 24.4 Å². The molecule has 1 amide bonds. The van der Waals surface area contributed by atoms with Crippen molar-refractivity contribution in [1.29, 1.82) is 0 Å². The summed E-state index contributed by atoms with van der Waals surface area (Å²) in [7, 11) is 0. The lowest BCUT2D eigenvalue weighted by Gasteiger charge is -2.23. The van der Waals surface area contributed by atoms with E-state index in [-0.39, 0.29) is 12.0 Å². The van der Waals surface area contributed by atoms with E-state index in [0.717, 1.165) is 29.7 Å². The molecule has 1 atom stereocenters. The summed E-state index contributed by atoms with van der Waals surface area (Å²) in [4.78, 5) is 11.9. The molecule has 1 fully saturated rings. The van der Waals surface area contributed by atoms with Gasteiger partial charge in [-0.05, 0) is 18.2 Å². The minimum atomic E-state index is -0.0374. The highest BCUT2D eigenvalue weighted by Gasteiger charge is 2.17. The number of rotatable bonds is 3.